The van der Waals surface area contributed by atoms with E-state index in [1.807, 2.05) is 13.8 Å². The third kappa shape index (κ3) is 5.99. The predicted molar refractivity (Wildman–Crippen MR) is 147 cm³/mol. The number of aromatic nitrogens is 2. The Bertz CT molecular complexity index is 1110. The van der Waals surface area contributed by atoms with E-state index in [2.05, 4.69) is 75.3 Å². The molecule has 0 aliphatic heterocycles. The van der Waals surface area contributed by atoms with Crippen molar-refractivity contribution < 1.29 is 22.7 Å². The van der Waals surface area contributed by atoms with Crippen LogP contribution in [-0.4, -0.2) is 23.4 Å². The quantitative estimate of drug-likeness (QED) is 0.266. The van der Waals surface area contributed by atoms with Crippen molar-refractivity contribution in [2.24, 2.45) is 5.41 Å². The first-order valence-corrected chi connectivity index (χ1v) is 16.3. The maximum absolute atomic E-state index is 13.0. The Balaban J connectivity index is 2.18. The predicted octanol–water partition coefficient (Wildman–Crippen LogP) is 8.34. The van der Waals surface area contributed by atoms with Crippen LogP contribution in [0.15, 0.2) is 18.3 Å². The van der Waals surface area contributed by atoms with Gasteiger partial charge in [-0.15, -0.1) is 0 Å². The Kier molecular flexibility index (Phi) is 8.14. The van der Waals surface area contributed by atoms with Crippen molar-refractivity contribution in [3.63, 3.8) is 0 Å². The first-order chi connectivity index (χ1) is 16.2. The second kappa shape index (κ2) is 9.93. The highest BCUT2D eigenvalue weighted by molar-refractivity contribution is 14.1. The van der Waals surface area contributed by atoms with Crippen molar-refractivity contribution in [3.05, 3.63) is 55.7 Å². The highest BCUT2D eigenvalue weighted by Gasteiger charge is 2.44. The number of nitrogens with zero attached hydrogens (tertiary/aromatic N) is 2. The molecule has 0 unspecified atom stereocenters. The van der Waals surface area contributed by atoms with E-state index in [1.165, 1.54) is 6.07 Å². The summed E-state index contributed by atoms with van der Waals surface area (Å²) >= 11 is 2.28. The van der Waals surface area contributed by atoms with Crippen molar-refractivity contribution in [2.45, 2.75) is 104 Å². The summed E-state index contributed by atoms with van der Waals surface area (Å²) < 4.78 is 47.0. The molecule has 200 valence electrons. The summed E-state index contributed by atoms with van der Waals surface area (Å²) in [4.78, 5) is 8.66. The molecule has 2 atom stereocenters. The molecule has 0 saturated carbocycles. The summed E-state index contributed by atoms with van der Waals surface area (Å²) in [6, 6.07) is 2.21. The third-order valence-corrected chi connectivity index (χ3v) is 13.1. The number of pyridine rings is 2. The molecule has 1 aliphatic carbocycles. The molecule has 2 heterocycles. The van der Waals surface area contributed by atoms with Gasteiger partial charge in [-0.3, -0.25) is 9.97 Å². The fourth-order valence-electron chi connectivity index (χ4n) is 4.48. The minimum Gasteiger partial charge on any atom is -0.410 e. The molecular formula is C27H38F3IN2O2Si. The van der Waals surface area contributed by atoms with E-state index in [-0.39, 0.29) is 22.5 Å². The van der Waals surface area contributed by atoms with Gasteiger partial charge in [0.2, 0.25) is 0 Å². The minimum atomic E-state index is -4.53. The molecule has 3 rings (SSSR count). The summed E-state index contributed by atoms with van der Waals surface area (Å²) in [5.74, 6) is 0.0145. The molecule has 0 radical (unpaired) electrons. The number of aliphatic hydroxyl groups is 1. The van der Waals surface area contributed by atoms with Gasteiger partial charge in [0.25, 0.3) is 0 Å². The van der Waals surface area contributed by atoms with Crippen molar-refractivity contribution in [1.82, 2.24) is 9.97 Å². The van der Waals surface area contributed by atoms with E-state index in [0.717, 1.165) is 45.6 Å². The fourth-order valence-corrected chi connectivity index (χ4v) is 6.97. The van der Waals surface area contributed by atoms with Gasteiger partial charge < -0.3 is 9.53 Å². The molecule has 9 heteroatoms. The molecule has 0 aromatic carbocycles. The van der Waals surface area contributed by atoms with Gasteiger partial charge in [0.15, 0.2) is 8.32 Å². The van der Waals surface area contributed by atoms with Gasteiger partial charge in [0, 0.05) is 32.2 Å². The number of fused-ring (bicyclic) bond motifs is 1. The lowest BCUT2D eigenvalue weighted by Gasteiger charge is -2.44. The first kappa shape index (κ1) is 29.5. The third-order valence-electron chi connectivity index (χ3n) is 7.48. The van der Waals surface area contributed by atoms with Gasteiger partial charge in [-0.25, -0.2) is 0 Å². The van der Waals surface area contributed by atoms with Crippen LogP contribution in [0.25, 0.3) is 0 Å². The minimum absolute atomic E-state index is 0.00182. The summed E-state index contributed by atoms with van der Waals surface area (Å²) in [5.41, 5.74) is 2.72. The average Bonchev–Trinajstić information content (AvgIpc) is 2.70. The van der Waals surface area contributed by atoms with Crippen molar-refractivity contribution in [2.75, 3.05) is 0 Å². The Hall–Kier alpha value is -1.04. The van der Waals surface area contributed by atoms with Gasteiger partial charge in [-0.1, -0.05) is 54.5 Å². The van der Waals surface area contributed by atoms with Gasteiger partial charge in [0.05, 0.1) is 11.8 Å². The molecule has 0 bridgehead atoms. The largest absolute Gasteiger partial charge is 0.433 e. The Morgan fingerprint density at radius 3 is 2.25 bits per heavy atom. The van der Waals surface area contributed by atoms with Crippen molar-refractivity contribution in [3.8, 4) is 0 Å². The summed E-state index contributed by atoms with van der Waals surface area (Å²) in [7, 11) is -2.12. The number of hydrogen-bond acceptors (Lipinski definition) is 4. The maximum atomic E-state index is 13.0. The molecule has 36 heavy (non-hydrogen) atoms. The van der Waals surface area contributed by atoms with Gasteiger partial charge in [0.1, 0.15) is 11.8 Å². The summed E-state index contributed by atoms with van der Waals surface area (Å²) in [6.45, 7) is 19.6. The van der Waals surface area contributed by atoms with E-state index < -0.39 is 26.3 Å². The zero-order valence-corrected chi connectivity index (χ0v) is 25.8. The zero-order chi connectivity index (χ0) is 27.4. The lowest BCUT2D eigenvalue weighted by atomic mass is 9.74. The Morgan fingerprint density at radius 1 is 1.17 bits per heavy atom. The molecule has 0 saturated heterocycles. The van der Waals surface area contributed by atoms with E-state index in [9.17, 15) is 18.3 Å². The fraction of sp³-hybridized carbons (Fsp3) is 0.630. The van der Waals surface area contributed by atoms with Crippen LogP contribution in [0, 0.1) is 8.99 Å². The maximum Gasteiger partial charge on any atom is 0.433 e. The van der Waals surface area contributed by atoms with E-state index >= 15 is 0 Å². The van der Waals surface area contributed by atoms with Crippen LogP contribution in [0.3, 0.4) is 0 Å². The van der Waals surface area contributed by atoms with Crippen LogP contribution in [0.5, 0.6) is 0 Å². The number of halogens is 4. The number of aliphatic hydroxyl groups excluding tert-OH is 1. The molecule has 2 aromatic heterocycles. The number of rotatable bonds is 5. The van der Waals surface area contributed by atoms with Crippen LogP contribution in [0.2, 0.25) is 18.1 Å². The highest BCUT2D eigenvalue weighted by Crippen LogP contribution is 2.50. The van der Waals surface area contributed by atoms with Crippen LogP contribution in [-0.2, 0) is 17.0 Å². The second-order valence-corrected chi connectivity index (χ2v) is 18.4. The standard InChI is InChI=1S/C27H38F3IN2O2Si/c1-15(2)23-21(24(34)16-10-11-19(32-14-16)27(28,29)30)22(31)20-17(33-23)12-26(6,7)13-18(20)35-36(8,9)25(3,4)5/h10-11,14-15,18,24,34H,12-13H2,1-9H3/t18-,24+/m0/s1. The van der Waals surface area contributed by atoms with E-state index in [4.69, 9.17) is 9.41 Å². The molecule has 0 spiro atoms. The van der Waals surface area contributed by atoms with E-state index in [1.54, 1.807) is 0 Å². The molecular weight excluding hydrogens is 596 g/mol. The number of hydrogen-bond donors (Lipinski definition) is 1. The monoisotopic (exact) mass is 634 g/mol. The topological polar surface area (TPSA) is 55.2 Å². The zero-order valence-electron chi connectivity index (χ0n) is 22.6. The molecule has 0 fully saturated rings. The molecule has 1 N–H and O–H groups in total. The summed E-state index contributed by atoms with van der Waals surface area (Å²) in [6.07, 6.45) is -3.10. The molecule has 2 aromatic rings. The van der Waals surface area contributed by atoms with Crippen molar-refractivity contribution >= 4 is 30.9 Å². The van der Waals surface area contributed by atoms with Crippen LogP contribution in [0.4, 0.5) is 13.2 Å². The lowest BCUT2D eigenvalue weighted by Crippen LogP contribution is -2.44. The lowest BCUT2D eigenvalue weighted by molar-refractivity contribution is -0.141. The normalized spacial score (nSPS) is 19.4. The highest BCUT2D eigenvalue weighted by atomic mass is 127. The Labute approximate surface area is 227 Å². The number of alkyl halides is 3. The van der Waals surface area contributed by atoms with Crippen LogP contribution >= 0.6 is 22.6 Å². The van der Waals surface area contributed by atoms with Crippen LogP contribution < -0.4 is 0 Å². The first-order valence-electron chi connectivity index (χ1n) is 12.4. The van der Waals surface area contributed by atoms with Gasteiger partial charge in [-0.05, 0) is 71.0 Å². The van der Waals surface area contributed by atoms with E-state index in [0.29, 0.717) is 11.1 Å². The van der Waals surface area contributed by atoms with Gasteiger partial charge >= 0.3 is 6.18 Å². The smallest absolute Gasteiger partial charge is 0.410 e. The average molecular weight is 635 g/mol. The second-order valence-electron chi connectivity index (χ2n) is 12.5. The SMILES string of the molecule is CC(C)c1nc2c(c(I)c1[C@H](O)c1ccc(C(F)(F)F)nc1)[C@@H](O[Si](C)(C)C(C)(C)C)CC(C)(C)C2. The summed E-state index contributed by atoms with van der Waals surface area (Å²) in [5, 5.41) is 11.5. The molecule has 4 nitrogen and oxygen atoms in total. The molecule has 1 aliphatic rings. The molecule has 0 amide bonds. The van der Waals surface area contributed by atoms with Gasteiger partial charge in [-0.2, -0.15) is 13.2 Å². The van der Waals surface area contributed by atoms with Crippen molar-refractivity contribution in [1.29, 1.82) is 0 Å². The Morgan fingerprint density at radius 2 is 1.78 bits per heavy atom. The van der Waals surface area contributed by atoms with Crippen LogP contribution in [0.1, 0.15) is 107 Å².